The minimum atomic E-state index is 0.425. The van der Waals surface area contributed by atoms with Crippen molar-refractivity contribution in [1.29, 1.82) is 0 Å². The number of aliphatic hydroxyl groups excluding tert-OH is 1. The van der Waals surface area contributed by atoms with Gasteiger partial charge in [0.1, 0.15) is 0 Å². The highest BCUT2D eigenvalue weighted by Gasteiger charge is 2.41. The maximum Gasteiger partial charge on any atom is 0.0462 e. The lowest BCUT2D eigenvalue weighted by Gasteiger charge is -2.22. The summed E-state index contributed by atoms with van der Waals surface area (Å²) in [6, 6.07) is 0. The highest BCUT2D eigenvalue weighted by molar-refractivity contribution is 4.92. The topological polar surface area (TPSA) is 32.3 Å². The van der Waals surface area contributed by atoms with Crippen LogP contribution >= 0.6 is 0 Å². The van der Waals surface area contributed by atoms with Gasteiger partial charge in [0.2, 0.25) is 0 Å². The van der Waals surface area contributed by atoms with E-state index in [1.807, 2.05) is 0 Å². The Bertz CT molecular complexity index is 132. The van der Waals surface area contributed by atoms with E-state index in [9.17, 15) is 0 Å². The summed E-state index contributed by atoms with van der Waals surface area (Å²) < 4.78 is 0. The van der Waals surface area contributed by atoms with Crippen LogP contribution in [-0.4, -0.2) is 24.8 Å². The van der Waals surface area contributed by atoms with E-state index >= 15 is 0 Å². The van der Waals surface area contributed by atoms with Crippen molar-refractivity contribution in [2.45, 2.75) is 19.3 Å². The number of rotatable bonds is 2. The van der Waals surface area contributed by atoms with E-state index in [4.69, 9.17) is 5.11 Å². The standard InChI is InChI=1S/C9H17NO/c11-6-8-5-9(8)7-1-3-10-4-2-7/h7-11H,1-6H2/t8-,9?/m0/s1. The second-order valence-corrected chi connectivity index (χ2v) is 3.93. The lowest BCUT2D eigenvalue weighted by atomic mass is 9.92. The number of hydrogen-bond acceptors (Lipinski definition) is 2. The Labute approximate surface area is 68.0 Å². The van der Waals surface area contributed by atoms with Gasteiger partial charge in [0, 0.05) is 6.61 Å². The molecule has 2 N–H and O–H groups in total. The highest BCUT2D eigenvalue weighted by atomic mass is 16.3. The molecule has 0 aromatic rings. The summed E-state index contributed by atoms with van der Waals surface area (Å²) in [6.45, 7) is 2.81. The van der Waals surface area contributed by atoms with Gasteiger partial charge in [0.25, 0.3) is 0 Å². The van der Waals surface area contributed by atoms with E-state index in [1.165, 1.54) is 32.4 Å². The van der Waals surface area contributed by atoms with Gasteiger partial charge in [-0.15, -0.1) is 0 Å². The van der Waals surface area contributed by atoms with Crippen LogP contribution in [0, 0.1) is 17.8 Å². The molecule has 0 radical (unpaired) electrons. The molecule has 1 aliphatic heterocycles. The zero-order valence-corrected chi connectivity index (χ0v) is 6.92. The Hall–Kier alpha value is -0.0800. The Morgan fingerprint density at radius 3 is 2.55 bits per heavy atom. The first-order chi connectivity index (χ1) is 5.42. The molecule has 1 saturated heterocycles. The van der Waals surface area contributed by atoms with Crippen LogP contribution in [0.15, 0.2) is 0 Å². The van der Waals surface area contributed by atoms with Gasteiger partial charge < -0.3 is 10.4 Å². The SMILES string of the molecule is OC[C@@H]1CC1C1CCNCC1. The minimum Gasteiger partial charge on any atom is -0.396 e. The van der Waals surface area contributed by atoms with E-state index in [1.54, 1.807) is 0 Å². The quantitative estimate of drug-likeness (QED) is 0.612. The summed E-state index contributed by atoms with van der Waals surface area (Å²) in [6.07, 6.45) is 3.96. The largest absolute Gasteiger partial charge is 0.396 e. The molecule has 0 amide bonds. The molecule has 1 saturated carbocycles. The molecular formula is C9H17NO. The van der Waals surface area contributed by atoms with Crippen LogP contribution in [0.2, 0.25) is 0 Å². The van der Waals surface area contributed by atoms with Crippen LogP contribution in [0.5, 0.6) is 0 Å². The first kappa shape index (κ1) is 7.56. The summed E-state index contributed by atoms with van der Waals surface area (Å²) in [7, 11) is 0. The van der Waals surface area contributed by atoms with Crippen LogP contribution in [0.25, 0.3) is 0 Å². The fourth-order valence-corrected chi connectivity index (χ4v) is 2.33. The van der Waals surface area contributed by atoms with Crippen molar-refractivity contribution < 1.29 is 5.11 Å². The Morgan fingerprint density at radius 2 is 2.00 bits per heavy atom. The number of piperidine rings is 1. The van der Waals surface area contributed by atoms with Crippen molar-refractivity contribution in [2.24, 2.45) is 17.8 Å². The van der Waals surface area contributed by atoms with Gasteiger partial charge in [-0.1, -0.05) is 0 Å². The molecule has 0 bridgehead atoms. The van der Waals surface area contributed by atoms with Gasteiger partial charge in [-0.2, -0.15) is 0 Å². The predicted molar refractivity (Wildman–Crippen MR) is 44.3 cm³/mol. The normalized spacial score (nSPS) is 39.0. The lowest BCUT2D eigenvalue weighted by molar-refractivity contribution is 0.245. The summed E-state index contributed by atoms with van der Waals surface area (Å²) in [5.41, 5.74) is 0. The third kappa shape index (κ3) is 1.57. The van der Waals surface area contributed by atoms with Crippen LogP contribution in [-0.2, 0) is 0 Å². The van der Waals surface area contributed by atoms with Gasteiger partial charge in [0.05, 0.1) is 0 Å². The molecule has 2 nitrogen and oxygen atoms in total. The fourth-order valence-electron chi connectivity index (χ4n) is 2.33. The average molecular weight is 155 g/mol. The number of hydrogen-bond donors (Lipinski definition) is 2. The molecule has 1 unspecified atom stereocenters. The van der Waals surface area contributed by atoms with Gasteiger partial charge in [-0.05, 0) is 50.1 Å². The molecule has 11 heavy (non-hydrogen) atoms. The molecule has 2 rings (SSSR count). The first-order valence-electron chi connectivity index (χ1n) is 4.73. The Kier molecular flexibility index (Phi) is 2.14. The second kappa shape index (κ2) is 3.11. The molecular weight excluding hydrogens is 138 g/mol. The van der Waals surface area contributed by atoms with Gasteiger partial charge >= 0.3 is 0 Å². The molecule has 1 aliphatic carbocycles. The minimum absolute atomic E-state index is 0.425. The zero-order valence-electron chi connectivity index (χ0n) is 6.92. The smallest absolute Gasteiger partial charge is 0.0462 e. The fraction of sp³-hybridized carbons (Fsp3) is 1.00. The molecule has 64 valence electrons. The summed E-state index contributed by atoms with van der Waals surface area (Å²) in [5, 5.41) is 12.3. The van der Waals surface area contributed by atoms with Gasteiger partial charge in [0.15, 0.2) is 0 Å². The monoisotopic (exact) mass is 155 g/mol. The molecule has 1 heterocycles. The van der Waals surface area contributed by atoms with Crippen molar-refractivity contribution in [2.75, 3.05) is 19.7 Å². The summed E-state index contributed by atoms with van der Waals surface area (Å²) in [4.78, 5) is 0. The maximum absolute atomic E-state index is 8.89. The average Bonchev–Trinajstić information content (AvgIpc) is 2.85. The Balaban J connectivity index is 1.77. The van der Waals surface area contributed by atoms with E-state index in [2.05, 4.69) is 5.32 Å². The second-order valence-electron chi connectivity index (χ2n) is 3.93. The molecule has 2 fully saturated rings. The highest BCUT2D eigenvalue weighted by Crippen LogP contribution is 2.46. The molecule has 0 aromatic carbocycles. The Morgan fingerprint density at radius 1 is 1.27 bits per heavy atom. The predicted octanol–water partition coefficient (Wildman–Crippen LogP) is 0.614. The zero-order chi connectivity index (χ0) is 7.68. The van der Waals surface area contributed by atoms with Crippen molar-refractivity contribution in [1.82, 2.24) is 5.32 Å². The molecule has 2 aliphatic rings. The maximum atomic E-state index is 8.89. The molecule has 0 spiro atoms. The number of nitrogens with one attached hydrogen (secondary N) is 1. The van der Waals surface area contributed by atoms with Crippen molar-refractivity contribution in [3.63, 3.8) is 0 Å². The van der Waals surface area contributed by atoms with Crippen molar-refractivity contribution >= 4 is 0 Å². The van der Waals surface area contributed by atoms with E-state index < -0.39 is 0 Å². The van der Waals surface area contributed by atoms with Crippen molar-refractivity contribution in [3.8, 4) is 0 Å². The summed E-state index contributed by atoms with van der Waals surface area (Å²) >= 11 is 0. The van der Waals surface area contributed by atoms with Crippen LogP contribution in [0.3, 0.4) is 0 Å². The van der Waals surface area contributed by atoms with E-state index in [0.717, 1.165) is 11.8 Å². The number of aliphatic hydroxyl groups is 1. The lowest BCUT2D eigenvalue weighted by Crippen LogP contribution is -2.29. The van der Waals surface area contributed by atoms with E-state index in [0.29, 0.717) is 12.5 Å². The molecule has 2 heteroatoms. The van der Waals surface area contributed by atoms with Crippen LogP contribution < -0.4 is 5.32 Å². The van der Waals surface area contributed by atoms with Crippen LogP contribution in [0.1, 0.15) is 19.3 Å². The van der Waals surface area contributed by atoms with E-state index in [-0.39, 0.29) is 0 Å². The van der Waals surface area contributed by atoms with Crippen LogP contribution in [0.4, 0.5) is 0 Å². The van der Waals surface area contributed by atoms with Gasteiger partial charge in [-0.25, -0.2) is 0 Å². The van der Waals surface area contributed by atoms with Crippen molar-refractivity contribution in [3.05, 3.63) is 0 Å². The first-order valence-corrected chi connectivity index (χ1v) is 4.73. The third-order valence-corrected chi connectivity index (χ3v) is 3.20. The summed E-state index contributed by atoms with van der Waals surface area (Å²) in [5.74, 6) is 2.47. The molecule has 0 aromatic heterocycles. The molecule has 2 atom stereocenters. The van der Waals surface area contributed by atoms with Gasteiger partial charge in [-0.3, -0.25) is 0 Å². The third-order valence-electron chi connectivity index (χ3n) is 3.20.